The zero-order valence-corrected chi connectivity index (χ0v) is 10.6. The van der Waals surface area contributed by atoms with Crippen molar-refractivity contribution < 1.29 is 17.9 Å². The Morgan fingerprint density at radius 3 is 2.67 bits per heavy atom. The molecule has 18 heavy (non-hydrogen) atoms. The van der Waals surface area contributed by atoms with E-state index in [0.717, 1.165) is 31.7 Å². The van der Waals surface area contributed by atoms with Gasteiger partial charge in [-0.25, -0.2) is 8.78 Å². The molecule has 0 saturated carbocycles. The van der Waals surface area contributed by atoms with E-state index in [1.807, 2.05) is 0 Å². The molecule has 1 nitrogen and oxygen atoms in total. The van der Waals surface area contributed by atoms with Crippen LogP contribution in [0.25, 0.3) is 0 Å². The highest BCUT2D eigenvalue weighted by atomic mass is 19.2. The molecule has 1 unspecified atom stereocenters. The van der Waals surface area contributed by atoms with Gasteiger partial charge in [0, 0.05) is 0 Å². The van der Waals surface area contributed by atoms with Crippen molar-refractivity contribution in [1.82, 2.24) is 0 Å². The van der Waals surface area contributed by atoms with Gasteiger partial charge >= 0.3 is 0 Å². The van der Waals surface area contributed by atoms with Crippen LogP contribution in [0.5, 0.6) is 5.75 Å². The van der Waals surface area contributed by atoms with Crippen LogP contribution in [0.4, 0.5) is 13.2 Å². The molecule has 0 aromatic heterocycles. The van der Waals surface area contributed by atoms with Crippen LogP contribution in [0.2, 0.25) is 0 Å². The lowest BCUT2D eigenvalue weighted by atomic mass is 10.1. The maximum absolute atomic E-state index is 13.4. The van der Waals surface area contributed by atoms with Crippen molar-refractivity contribution in [2.45, 2.75) is 45.2 Å². The molecule has 0 aliphatic rings. The summed E-state index contributed by atoms with van der Waals surface area (Å²) in [7, 11) is 0. The van der Waals surface area contributed by atoms with Crippen LogP contribution in [0, 0.1) is 11.6 Å². The first-order chi connectivity index (χ1) is 8.65. The van der Waals surface area contributed by atoms with Crippen molar-refractivity contribution in [3.63, 3.8) is 0 Å². The molecule has 4 heteroatoms. The molecule has 0 amide bonds. The van der Waals surface area contributed by atoms with Crippen LogP contribution in [-0.2, 0) is 0 Å². The minimum absolute atomic E-state index is 0.230. The predicted molar refractivity (Wildman–Crippen MR) is 65.5 cm³/mol. The first kappa shape index (κ1) is 14.9. The van der Waals surface area contributed by atoms with Gasteiger partial charge in [-0.15, -0.1) is 0 Å². The Balaban J connectivity index is 2.29. The molecule has 0 bridgehead atoms. The van der Waals surface area contributed by atoms with Crippen molar-refractivity contribution in [2.24, 2.45) is 0 Å². The van der Waals surface area contributed by atoms with Gasteiger partial charge in [-0.1, -0.05) is 38.7 Å². The van der Waals surface area contributed by atoms with E-state index in [0.29, 0.717) is 6.42 Å². The van der Waals surface area contributed by atoms with Crippen molar-refractivity contribution in [3.8, 4) is 5.75 Å². The second-order valence-corrected chi connectivity index (χ2v) is 4.31. The maximum Gasteiger partial charge on any atom is 0.200 e. The second kappa shape index (κ2) is 8.01. The molecule has 0 spiro atoms. The van der Waals surface area contributed by atoms with Gasteiger partial charge in [-0.3, -0.25) is 0 Å². The molecule has 0 aliphatic carbocycles. The molecule has 0 saturated heterocycles. The predicted octanol–water partition coefficient (Wildman–Crippen LogP) is 4.65. The van der Waals surface area contributed by atoms with E-state index in [1.165, 1.54) is 12.1 Å². The monoisotopic (exact) mass is 260 g/mol. The Kier molecular flexibility index (Phi) is 6.61. The average molecular weight is 260 g/mol. The number of ether oxygens (including phenoxy) is 1. The quantitative estimate of drug-likeness (QED) is 0.618. The van der Waals surface area contributed by atoms with E-state index >= 15 is 0 Å². The SMILES string of the molecule is CCCCCCC(F)COc1cccc(F)c1F. The molecule has 0 fully saturated rings. The fourth-order valence-electron chi connectivity index (χ4n) is 1.65. The molecule has 0 aliphatic heterocycles. The fraction of sp³-hybridized carbons (Fsp3) is 0.571. The summed E-state index contributed by atoms with van der Waals surface area (Å²) in [5.74, 6) is -2.27. The highest BCUT2D eigenvalue weighted by Crippen LogP contribution is 2.20. The number of hydrogen-bond acceptors (Lipinski definition) is 1. The summed E-state index contributed by atoms with van der Waals surface area (Å²) < 4.78 is 44.4. The molecule has 1 aromatic rings. The third-order valence-corrected chi connectivity index (χ3v) is 2.71. The molecule has 102 valence electrons. The highest BCUT2D eigenvalue weighted by molar-refractivity contribution is 5.24. The van der Waals surface area contributed by atoms with E-state index < -0.39 is 17.8 Å². The summed E-state index contributed by atoms with van der Waals surface area (Å²) >= 11 is 0. The van der Waals surface area contributed by atoms with Crippen molar-refractivity contribution >= 4 is 0 Å². The third-order valence-electron chi connectivity index (χ3n) is 2.71. The summed E-state index contributed by atoms with van der Waals surface area (Å²) in [5.41, 5.74) is 0. The van der Waals surface area contributed by atoms with Crippen LogP contribution < -0.4 is 4.74 Å². The minimum Gasteiger partial charge on any atom is -0.487 e. The standard InChI is InChI=1S/C14H19F3O/c1-2-3-4-5-7-11(15)10-18-13-9-6-8-12(16)14(13)17/h6,8-9,11H,2-5,7,10H2,1H3. The molecule has 1 aromatic carbocycles. The van der Waals surface area contributed by atoms with E-state index in [2.05, 4.69) is 6.92 Å². The topological polar surface area (TPSA) is 9.23 Å². The summed E-state index contributed by atoms with van der Waals surface area (Å²) in [6, 6.07) is 3.63. The Hall–Kier alpha value is -1.19. The Morgan fingerprint density at radius 1 is 1.17 bits per heavy atom. The molecule has 1 rings (SSSR count). The summed E-state index contributed by atoms with van der Waals surface area (Å²) in [4.78, 5) is 0. The van der Waals surface area contributed by atoms with Gasteiger partial charge in [0.2, 0.25) is 5.82 Å². The normalized spacial score (nSPS) is 12.4. The van der Waals surface area contributed by atoms with Gasteiger partial charge in [0.25, 0.3) is 0 Å². The van der Waals surface area contributed by atoms with Gasteiger partial charge in [0.1, 0.15) is 12.8 Å². The van der Waals surface area contributed by atoms with E-state index in [9.17, 15) is 13.2 Å². The fourth-order valence-corrected chi connectivity index (χ4v) is 1.65. The van der Waals surface area contributed by atoms with Gasteiger partial charge < -0.3 is 4.74 Å². The molecule has 0 heterocycles. The third kappa shape index (κ3) is 4.98. The van der Waals surface area contributed by atoms with Crippen molar-refractivity contribution in [1.29, 1.82) is 0 Å². The molecule has 1 atom stereocenters. The Morgan fingerprint density at radius 2 is 1.94 bits per heavy atom. The minimum atomic E-state index is -1.13. The van der Waals surface area contributed by atoms with Crippen molar-refractivity contribution in [3.05, 3.63) is 29.8 Å². The largest absolute Gasteiger partial charge is 0.487 e. The Labute approximate surface area is 106 Å². The number of alkyl halides is 1. The number of benzene rings is 1. The molecular weight excluding hydrogens is 241 g/mol. The van der Waals surface area contributed by atoms with E-state index in [4.69, 9.17) is 4.74 Å². The second-order valence-electron chi connectivity index (χ2n) is 4.31. The van der Waals surface area contributed by atoms with Crippen LogP contribution >= 0.6 is 0 Å². The number of halogens is 3. The van der Waals surface area contributed by atoms with E-state index in [1.54, 1.807) is 0 Å². The lowest BCUT2D eigenvalue weighted by Crippen LogP contribution is -2.13. The van der Waals surface area contributed by atoms with Crippen LogP contribution in [-0.4, -0.2) is 12.8 Å². The highest BCUT2D eigenvalue weighted by Gasteiger charge is 2.12. The zero-order chi connectivity index (χ0) is 13.4. The molecule has 0 radical (unpaired) electrons. The molecule has 0 N–H and O–H groups in total. The van der Waals surface area contributed by atoms with Gasteiger partial charge in [-0.05, 0) is 18.6 Å². The number of rotatable bonds is 8. The average Bonchev–Trinajstić information content (AvgIpc) is 2.36. The first-order valence-corrected chi connectivity index (χ1v) is 6.36. The van der Waals surface area contributed by atoms with Crippen LogP contribution in [0.15, 0.2) is 18.2 Å². The smallest absolute Gasteiger partial charge is 0.200 e. The lowest BCUT2D eigenvalue weighted by molar-refractivity contribution is 0.177. The van der Waals surface area contributed by atoms with Gasteiger partial charge in [0.15, 0.2) is 11.6 Å². The van der Waals surface area contributed by atoms with E-state index in [-0.39, 0.29) is 12.4 Å². The van der Waals surface area contributed by atoms with Crippen molar-refractivity contribution in [2.75, 3.05) is 6.61 Å². The zero-order valence-electron chi connectivity index (χ0n) is 10.6. The summed E-state index contributed by atoms with van der Waals surface area (Å²) in [6.45, 7) is 1.86. The van der Waals surface area contributed by atoms with Gasteiger partial charge in [0.05, 0.1) is 0 Å². The first-order valence-electron chi connectivity index (χ1n) is 6.36. The van der Waals surface area contributed by atoms with Crippen LogP contribution in [0.1, 0.15) is 39.0 Å². The molecular formula is C14H19F3O. The number of hydrogen-bond donors (Lipinski definition) is 0. The van der Waals surface area contributed by atoms with Gasteiger partial charge in [-0.2, -0.15) is 4.39 Å². The Bertz CT molecular complexity index is 355. The summed E-state index contributed by atoms with van der Waals surface area (Å²) in [6.07, 6.45) is 3.24. The summed E-state index contributed by atoms with van der Waals surface area (Å²) in [5, 5.41) is 0. The number of unbranched alkanes of at least 4 members (excludes halogenated alkanes) is 3. The maximum atomic E-state index is 13.4. The van der Waals surface area contributed by atoms with Crippen LogP contribution in [0.3, 0.4) is 0 Å². The lowest BCUT2D eigenvalue weighted by Gasteiger charge is -2.11.